The van der Waals surface area contributed by atoms with Crippen molar-refractivity contribution in [2.45, 2.75) is 45.6 Å². The summed E-state index contributed by atoms with van der Waals surface area (Å²) in [5.74, 6) is -0.182. The van der Waals surface area contributed by atoms with Gasteiger partial charge in [-0.2, -0.15) is 0 Å². The van der Waals surface area contributed by atoms with Gasteiger partial charge in [-0.15, -0.1) is 0 Å². The lowest BCUT2D eigenvalue weighted by atomic mass is 9.77. The number of carboxylic acids is 1. The van der Waals surface area contributed by atoms with E-state index in [9.17, 15) is 9.59 Å². The maximum atomic E-state index is 11.9. The maximum absolute atomic E-state index is 11.9. The van der Waals surface area contributed by atoms with Gasteiger partial charge in [0.1, 0.15) is 0 Å². The second-order valence-corrected chi connectivity index (χ2v) is 5.62. The molecule has 4 heteroatoms. The summed E-state index contributed by atoms with van der Waals surface area (Å²) in [5.41, 5.74) is 0. The molecule has 0 aromatic heterocycles. The summed E-state index contributed by atoms with van der Waals surface area (Å²) in [6.07, 6.45) is 3.59. The lowest BCUT2D eigenvalue weighted by Gasteiger charge is -2.39. The standard InChI is InChI=1S/C13H21NO3/c1-8-4-3-5-11(9(8)2)14-7-10(13(16)17)6-12(14)15/h8-11H,3-7H2,1-2H3,(H,16,17)/t8-,9+,10-,11+/m1/s1. The molecule has 0 bridgehead atoms. The molecule has 1 heterocycles. The van der Waals surface area contributed by atoms with Gasteiger partial charge in [0, 0.05) is 19.0 Å². The first-order valence-electron chi connectivity index (χ1n) is 6.53. The number of rotatable bonds is 2. The van der Waals surface area contributed by atoms with Crippen LogP contribution in [0, 0.1) is 17.8 Å². The molecule has 1 amide bonds. The monoisotopic (exact) mass is 239 g/mol. The molecule has 0 aromatic rings. The van der Waals surface area contributed by atoms with Crippen molar-refractivity contribution in [1.82, 2.24) is 4.90 Å². The molecule has 2 aliphatic rings. The quantitative estimate of drug-likeness (QED) is 0.798. The largest absolute Gasteiger partial charge is 0.481 e. The van der Waals surface area contributed by atoms with Crippen LogP contribution in [0.1, 0.15) is 39.5 Å². The van der Waals surface area contributed by atoms with E-state index < -0.39 is 11.9 Å². The number of carbonyl (C=O) groups is 2. The summed E-state index contributed by atoms with van der Waals surface area (Å²) in [6.45, 7) is 4.83. The van der Waals surface area contributed by atoms with Gasteiger partial charge in [-0.05, 0) is 18.3 Å². The molecule has 96 valence electrons. The third kappa shape index (κ3) is 2.31. The molecule has 0 aromatic carbocycles. The topological polar surface area (TPSA) is 57.6 Å². The Kier molecular flexibility index (Phi) is 3.40. The van der Waals surface area contributed by atoms with Gasteiger partial charge in [0.05, 0.1) is 5.92 Å². The molecule has 1 aliphatic heterocycles. The molecule has 2 rings (SSSR count). The average Bonchev–Trinajstić information content (AvgIpc) is 2.65. The molecule has 0 unspecified atom stereocenters. The molecule has 4 atom stereocenters. The highest BCUT2D eigenvalue weighted by atomic mass is 16.4. The number of amides is 1. The van der Waals surface area contributed by atoms with Gasteiger partial charge in [-0.25, -0.2) is 0 Å². The Morgan fingerprint density at radius 2 is 2.06 bits per heavy atom. The van der Waals surface area contributed by atoms with Crippen LogP contribution in [0.4, 0.5) is 0 Å². The molecule has 17 heavy (non-hydrogen) atoms. The van der Waals surface area contributed by atoms with Crippen LogP contribution in [0.15, 0.2) is 0 Å². The van der Waals surface area contributed by atoms with Gasteiger partial charge in [0.15, 0.2) is 0 Å². The molecular weight excluding hydrogens is 218 g/mol. The van der Waals surface area contributed by atoms with Gasteiger partial charge in [-0.1, -0.05) is 26.7 Å². The fourth-order valence-electron chi connectivity index (χ4n) is 3.21. The molecule has 0 radical (unpaired) electrons. The Hall–Kier alpha value is -1.06. The van der Waals surface area contributed by atoms with Crippen LogP contribution in [0.5, 0.6) is 0 Å². The first kappa shape index (κ1) is 12.4. The molecule has 1 saturated heterocycles. The highest BCUT2D eigenvalue weighted by molar-refractivity contribution is 5.86. The minimum Gasteiger partial charge on any atom is -0.481 e. The zero-order valence-corrected chi connectivity index (χ0v) is 10.6. The molecule has 2 fully saturated rings. The predicted molar refractivity (Wildman–Crippen MR) is 63.4 cm³/mol. The average molecular weight is 239 g/mol. The Morgan fingerprint density at radius 1 is 1.35 bits per heavy atom. The highest BCUT2D eigenvalue weighted by Crippen LogP contribution is 2.35. The van der Waals surface area contributed by atoms with E-state index in [4.69, 9.17) is 5.11 Å². The number of carboxylic acid groups (broad SMARTS) is 1. The van der Waals surface area contributed by atoms with Gasteiger partial charge in [0.25, 0.3) is 0 Å². The minimum absolute atomic E-state index is 0.0309. The minimum atomic E-state index is -0.836. The van der Waals surface area contributed by atoms with Gasteiger partial charge in [-0.3, -0.25) is 9.59 Å². The number of aliphatic carboxylic acids is 1. The molecule has 4 nitrogen and oxygen atoms in total. The van der Waals surface area contributed by atoms with E-state index >= 15 is 0 Å². The normalized spacial score (nSPS) is 38.5. The van der Waals surface area contributed by atoms with Crippen molar-refractivity contribution in [3.05, 3.63) is 0 Å². The summed E-state index contributed by atoms with van der Waals surface area (Å²) in [7, 11) is 0. The molecule has 1 saturated carbocycles. The highest BCUT2D eigenvalue weighted by Gasteiger charge is 2.41. The van der Waals surface area contributed by atoms with E-state index in [1.807, 2.05) is 4.90 Å². The van der Waals surface area contributed by atoms with Crippen LogP contribution in [-0.2, 0) is 9.59 Å². The Morgan fingerprint density at radius 3 is 2.65 bits per heavy atom. The zero-order valence-electron chi connectivity index (χ0n) is 10.6. The van der Waals surface area contributed by atoms with Gasteiger partial charge in [0.2, 0.25) is 5.91 Å². The van der Waals surface area contributed by atoms with E-state index in [-0.39, 0.29) is 18.4 Å². The third-order valence-electron chi connectivity index (χ3n) is 4.57. The van der Waals surface area contributed by atoms with E-state index in [1.54, 1.807) is 0 Å². The third-order valence-corrected chi connectivity index (χ3v) is 4.57. The maximum Gasteiger partial charge on any atom is 0.308 e. The summed E-state index contributed by atoms with van der Waals surface area (Å²) in [6, 6.07) is 0.260. The summed E-state index contributed by atoms with van der Waals surface area (Å²) in [4.78, 5) is 24.7. The first-order chi connectivity index (χ1) is 8.00. The number of nitrogens with zero attached hydrogens (tertiary/aromatic N) is 1. The number of carbonyl (C=O) groups excluding carboxylic acids is 1. The lowest BCUT2D eigenvalue weighted by Crippen LogP contribution is -2.45. The molecular formula is C13H21NO3. The first-order valence-corrected chi connectivity index (χ1v) is 6.53. The second kappa shape index (κ2) is 4.67. The van der Waals surface area contributed by atoms with Crippen molar-refractivity contribution in [1.29, 1.82) is 0 Å². The van der Waals surface area contributed by atoms with Crippen molar-refractivity contribution in [3.8, 4) is 0 Å². The molecule has 0 spiro atoms. The van der Waals surface area contributed by atoms with Crippen molar-refractivity contribution < 1.29 is 14.7 Å². The van der Waals surface area contributed by atoms with E-state index in [0.717, 1.165) is 12.8 Å². The Balaban J connectivity index is 2.07. The summed E-state index contributed by atoms with van der Waals surface area (Å²) in [5, 5.41) is 8.99. The number of hydrogen-bond donors (Lipinski definition) is 1. The van der Waals surface area contributed by atoms with E-state index in [1.165, 1.54) is 6.42 Å². The van der Waals surface area contributed by atoms with Crippen LogP contribution in [0.25, 0.3) is 0 Å². The van der Waals surface area contributed by atoms with E-state index in [2.05, 4.69) is 13.8 Å². The smallest absolute Gasteiger partial charge is 0.308 e. The van der Waals surface area contributed by atoms with Crippen LogP contribution in [-0.4, -0.2) is 34.5 Å². The fourth-order valence-corrected chi connectivity index (χ4v) is 3.21. The zero-order chi connectivity index (χ0) is 12.6. The van der Waals surface area contributed by atoms with Crippen LogP contribution in [0.3, 0.4) is 0 Å². The Labute approximate surface area is 102 Å². The van der Waals surface area contributed by atoms with Gasteiger partial charge >= 0.3 is 5.97 Å². The fraction of sp³-hybridized carbons (Fsp3) is 0.846. The number of hydrogen-bond acceptors (Lipinski definition) is 2. The second-order valence-electron chi connectivity index (χ2n) is 5.62. The van der Waals surface area contributed by atoms with Crippen molar-refractivity contribution in [2.24, 2.45) is 17.8 Å². The Bertz CT molecular complexity index is 329. The van der Waals surface area contributed by atoms with Crippen LogP contribution < -0.4 is 0 Å². The van der Waals surface area contributed by atoms with Crippen LogP contribution in [0.2, 0.25) is 0 Å². The molecule has 1 aliphatic carbocycles. The molecule has 1 N–H and O–H groups in total. The lowest BCUT2D eigenvalue weighted by molar-refractivity contribution is -0.141. The van der Waals surface area contributed by atoms with Crippen molar-refractivity contribution in [3.63, 3.8) is 0 Å². The summed E-state index contributed by atoms with van der Waals surface area (Å²) < 4.78 is 0. The number of likely N-dealkylation sites (tertiary alicyclic amines) is 1. The SMILES string of the molecule is C[C@H]1[C@H](C)CCC[C@@H]1N1C[C@H](C(=O)O)CC1=O. The van der Waals surface area contributed by atoms with Crippen molar-refractivity contribution >= 4 is 11.9 Å². The summed E-state index contributed by atoms with van der Waals surface area (Å²) >= 11 is 0. The van der Waals surface area contributed by atoms with Gasteiger partial charge < -0.3 is 10.0 Å². The van der Waals surface area contributed by atoms with E-state index in [0.29, 0.717) is 18.4 Å². The van der Waals surface area contributed by atoms with Crippen LogP contribution >= 0.6 is 0 Å². The van der Waals surface area contributed by atoms with Crippen molar-refractivity contribution in [2.75, 3.05) is 6.54 Å². The predicted octanol–water partition coefficient (Wildman–Crippen LogP) is 1.74.